The van der Waals surface area contributed by atoms with Gasteiger partial charge in [0, 0.05) is 45.3 Å². The van der Waals surface area contributed by atoms with E-state index in [2.05, 4.69) is 26.5 Å². The molecule has 1 N–H and O–H groups in total. The van der Waals surface area contributed by atoms with Gasteiger partial charge in [0.1, 0.15) is 0 Å². The molecule has 3 fully saturated rings. The highest BCUT2D eigenvalue weighted by molar-refractivity contribution is 5.81. The minimum Gasteiger partial charge on any atom is -0.353 e. The van der Waals surface area contributed by atoms with Gasteiger partial charge in [-0.3, -0.25) is 9.67 Å². The zero-order chi connectivity index (χ0) is 16.5. The van der Waals surface area contributed by atoms with Gasteiger partial charge in [-0.2, -0.15) is 5.10 Å². The molecule has 5 nitrogen and oxygen atoms in total. The molecule has 1 saturated heterocycles. The Bertz CT molecular complexity index is 586. The lowest BCUT2D eigenvalue weighted by atomic mass is 9.85. The van der Waals surface area contributed by atoms with Crippen LogP contribution in [0.3, 0.4) is 0 Å². The molecule has 24 heavy (non-hydrogen) atoms. The molecular weight excluding hydrogens is 298 g/mol. The number of rotatable bonds is 3. The molecule has 0 bridgehead atoms. The summed E-state index contributed by atoms with van der Waals surface area (Å²) in [5, 5.41) is 8.09. The van der Waals surface area contributed by atoms with Crippen molar-refractivity contribution in [3.05, 3.63) is 18.0 Å². The molecule has 132 valence electrons. The summed E-state index contributed by atoms with van der Waals surface area (Å²) in [5.74, 6) is 3.57. The maximum Gasteiger partial charge on any atom is 0.193 e. The van der Waals surface area contributed by atoms with Crippen molar-refractivity contribution in [3.8, 4) is 0 Å². The van der Waals surface area contributed by atoms with E-state index in [1.54, 1.807) is 0 Å². The largest absolute Gasteiger partial charge is 0.353 e. The van der Waals surface area contributed by atoms with Gasteiger partial charge in [0.15, 0.2) is 5.96 Å². The van der Waals surface area contributed by atoms with E-state index < -0.39 is 0 Å². The summed E-state index contributed by atoms with van der Waals surface area (Å²) >= 11 is 0. The lowest BCUT2D eigenvalue weighted by molar-refractivity contribution is 0.314. The molecule has 2 heterocycles. The van der Waals surface area contributed by atoms with Crippen molar-refractivity contribution in [2.45, 2.75) is 56.9 Å². The number of hydrogen-bond acceptors (Lipinski definition) is 2. The summed E-state index contributed by atoms with van der Waals surface area (Å²) < 4.78 is 1.91. The Morgan fingerprint density at radius 3 is 2.79 bits per heavy atom. The fourth-order valence-electron chi connectivity index (χ4n) is 4.80. The Morgan fingerprint density at radius 2 is 2.08 bits per heavy atom. The average Bonchev–Trinajstić information content (AvgIpc) is 2.99. The molecule has 0 amide bonds. The zero-order valence-electron chi connectivity index (χ0n) is 15.1. The second-order valence-electron chi connectivity index (χ2n) is 7.97. The highest BCUT2D eigenvalue weighted by Crippen LogP contribution is 2.44. The summed E-state index contributed by atoms with van der Waals surface area (Å²) in [7, 11) is 3.92. The Labute approximate surface area is 145 Å². The first-order chi connectivity index (χ1) is 11.7. The van der Waals surface area contributed by atoms with Crippen molar-refractivity contribution in [1.82, 2.24) is 20.0 Å². The first kappa shape index (κ1) is 16.0. The van der Waals surface area contributed by atoms with E-state index in [0.717, 1.165) is 30.9 Å². The van der Waals surface area contributed by atoms with Crippen LogP contribution in [0.15, 0.2) is 17.4 Å². The van der Waals surface area contributed by atoms with Gasteiger partial charge < -0.3 is 10.2 Å². The van der Waals surface area contributed by atoms with E-state index in [9.17, 15) is 0 Å². The zero-order valence-corrected chi connectivity index (χ0v) is 15.1. The van der Waals surface area contributed by atoms with Crippen LogP contribution >= 0.6 is 0 Å². The summed E-state index contributed by atoms with van der Waals surface area (Å²) in [6.45, 7) is 2.16. The summed E-state index contributed by atoms with van der Waals surface area (Å²) in [6, 6.07) is 0.671. The quantitative estimate of drug-likeness (QED) is 0.685. The van der Waals surface area contributed by atoms with Crippen LogP contribution in [0.2, 0.25) is 0 Å². The maximum atomic E-state index is 4.57. The van der Waals surface area contributed by atoms with Crippen molar-refractivity contribution in [1.29, 1.82) is 0 Å². The first-order valence-corrected chi connectivity index (χ1v) is 9.71. The molecule has 3 atom stereocenters. The normalized spacial score (nSPS) is 31.5. The molecule has 2 aliphatic carbocycles. The lowest BCUT2D eigenvalue weighted by Gasteiger charge is -2.24. The Balaban J connectivity index is 1.31. The van der Waals surface area contributed by atoms with Gasteiger partial charge in [-0.05, 0) is 30.2 Å². The Kier molecular flexibility index (Phi) is 4.51. The van der Waals surface area contributed by atoms with Gasteiger partial charge in [0.25, 0.3) is 0 Å². The van der Waals surface area contributed by atoms with Crippen LogP contribution in [-0.2, 0) is 7.05 Å². The second kappa shape index (κ2) is 6.77. The summed E-state index contributed by atoms with van der Waals surface area (Å²) in [5.41, 5.74) is 1.36. The molecule has 0 spiro atoms. The van der Waals surface area contributed by atoms with Gasteiger partial charge in [-0.25, -0.2) is 0 Å². The number of aryl methyl sites for hydroxylation is 1. The Hall–Kier alpha value is -1.52. The van der Waals surface area contributed by atoms with Crippen LogP contribution in [0.5, 0.6) is 0 Å². The average molecular weight is 329 g/mol. The lowest BCUT2D eigenvalue weighted by Crippen LogP contribution is -2.41. The molecule has 3 unspecified atom stereocenters. The van der Waals surface area contributed by atoms with Gasteiger partial charge >= 0.3 is 0 Å². The van der Waals surface area contributed by atoms with E-state index in [4.69, 9.17) is 0 Å². The van der Waals surface area contributed by atoms with E-state index >= 15 is 0 Å². The highest BCUT2D eigenvalue weighted by Gasteiger charge is 2.44. The predicted molar refractivity (Wildman–Crippen MR) is 97.1 cm³/mol. The Morgan fingerprint density at radius 1 is 1.25 bits per heavy atom. The van der Waals surface area contributed by atoms with Crippen LogP contribution < -0.4 is 5.32 Å². The minimum absolute atomic E-state index is 0.589. The van der Waals surface area contributed by atoms with Crippen molar-refractivity contribution in [3.63, 3.8) is 0 Å². The fourth-order valence-corrected chi connectivity index (χ4v) is 4.80. The number of aromatic nitrogens is 2. The van der Waals surface area contributed by atoms with Crippen molar-refractivity contribution < 1.29 is 0 Å². The number of nitrogens with zero attached hydrogens (tertiary/aromatic N) is 4. The number of likely N-dealkylation sites (tertiary alicyclic amines) is 1. The van der Waals surface area contributed by atoms with Crippen molar-refractivity contribution >= 4 is 5.96 Å². The SMILES string of the molecule is CN=C(NC1CC1C1CCCCC1)N1CCC(c2cnn(C)c2)C1. The predicted octanol–water partition coefficient (Wildman–Crippen LogP) is 2.75. The molecule has 0 aromatic carbocycles. The molecule has 3 aliphatic rings. The third-order valence-corrected chi connectivity index (χ3v) is 6.31. The number of guanidine groups is 1. The topological polar surface area (TPSA) is 45.5 Å². The number of hydrogen-bond donors (Lipinski definition) is 1. The van der Waals surface area contributed by atoms with Gasteiger partial charge in [-0.15, -0.1) is 0 Å². The van der Waals surface area contributed by atoms with E-state index in [0.29, 0.717) is 12.0 Å². The van der Waals surface area contributed by atoms with E-state index in [1.807, 2.05) is 25.0 Å². The maximum absolute atomic E-state index is 4.57. The van der Waals surface area contributed by atoms with Crippen LogP contribution in [0, 0.1) is 11.8 Å². The molecule has 5 heteroatoms. The minimum atomic E-state index is 0.589. The third kappa shape index (κ3) is 3.31. The standard InChI is InChI=1S/C19H31N5/c1-20-19(22-18-10-17(18)14-6-4-3-5-7-14)24-9-8-15(13-24)16-11-21-23(2)12-16/h11-12,14-15,17-18H,3-10,13H2,1-2H3,(H,20,22). The molecule has 1 aliphatic heterocycles. The van der Waals surface area contributed by atoms with Gasteiger partial charge in [-0.1, -0.05) is 32.1 Å². The second-order valence-corrected chi connectivity index (χ2v) is 7.97. The number of nitrogens with one attached hydrogen (secondary N) is 1. The first-order valence-electron chi connectivity index (χ1n) is 9.71. The van der Waals surface area contributed by atoms with Gasteiger partial charge in [0.05, 0.1) is 6.20 Å². The van der Waals surface area contributed by atoms with Crippen LogP contribution in [-0.4, -0.2) is 46.8 Å². The smallest absolute Gasteiger partial charge is 0.193 e. The van der Waals surface area contributed by atoms with E-state index in [-0.39, 0.29) is 0 Å². The van der Waals surface area contributed by atoms with Crippen molar-refractivity contribution in [2.75, 3.05) is 20.1 Å². The van der Waals surface area contributed by atoms with Crippen molar-refractivity contribution in [2.24, 2.45) is 23.9 Å². The fraction of sp³-hybridized carbons (Fsp3) is 0.789. The molecule has 1 aromatic heterocycles. The molecule has 2 saturated carbocycles. The number of aliphatic imine (C=N–C) groups is 1. The highest BCUT2D eigenvalue weighted by atomic mass is 15.3. The van der Waals surface area contributed by atoms with Crippen LogP contribution in [0.25, 0.3) is 0 Å². The molecule has 1 aromatic rings. The van der Waals surface area contributed by atoms with Crippen LogP contribution in [0.4, 0.5) is 0 Å². The molecular formula is C19H31N5. The summed E-state index contributed by atoms with van der Waals surface area (Å²) in [6.07, 6.45) is 14.0. The van der Waals surface area contributed by atoms with E-state index in [1.165, 1.54) is 50.5 Å². The molecule has 0 radical (unpaired) electrons. The van der Waals surface area contributed by atoms with Gasteiger partial charge in [0.2, 0.25) is 0 Å². The molecule has 4 rings (SSSR count). The van der Waals surface area contributed by atoms with Crippen LogP contribution in [0.1, 0.15) is 56.4 Å². The summed E-state index contributed by atoms with van der Waals surface area (Å²) in [4.78, 5) is 7.01. The monoisotopic (exact) mass is 329 g/mol. The third-order valence-electron chi connectivity index (χ3n) is 6.31.